The summed E-state index contributed by atoms with van der Waals surface area (Å²) in [7, 11) is 0. The van der Waals surface area contributed by atoms with Crippen molar-refractivity contribution in [2.75, 3.05) is 5.32 Å². The van der Waals surface area contributed by atoms with Gasteiger partial charge in [0.05, 0.1) is 17.4 Å². The van der Waals surface area contributed by atoms with Crippen LogP contribution in [0.15, 0.2) is 17.6 Å². The number of pyridine rings is 1. The smallest absolute Gasteiger partial charge is 0.339 e. The first-order valence-electron chi connectivity index (χ1n) is 6.40. The van der Waals surface area contributed by atoms with E-state index in [1.165, 1.54) is 0 Å². The van der Waals surface area contributed by atoms with Gasteiger partial charge in [-0.05, 0) is 26.3 Å². The maximum absolute atomic E-state index is 11.4. The Morgan fingerprint density at radius 2 is 2.25 bits per heavy atom. The number of carboxylic acids is 1. The highest BCUT2D eigenvalue weighted by molar-refractivity contribution is 7.09. The Hall–Kier alpha value is -1.95. The van der Waals surface area contributed by atoms with Crippen molar-refractivity contribution >= 4 is 23.0 Å². The summed E-state index contributed by atoms with van der Waals surface area (Å²) >= 11 is 1.56. The minimum absolute atomic E-state index is 0.00861. The molecular formula is C14H17N3O2S. The molecule has 0 aliphatic rings. The number of anilines is 1. The molecular weight excluding hydrogens is 274 g/mol. The van der Waals surface area contributed by atoms with Crippen LogP contribution in [-0.2, 0) is 0 Å². The maximum atomic E-state index is 11.4. The molecule has 6 heteroatoms. The standard InChI is InChI=1S/C14H17N3O2S/c1-4-10(13-15-5-6-20-13)17-11-7-8(2)16-9(3)12(11)14(18)19/h5-7,10H,4H2,1-3H3,(H,16,17)(H,18,19). The summed E-state index contributed by atoms with van der Waals surface area (Å²) in [6.45, 7) is 5.61. The van der Waals surface area contributed by atoms with E-state index in [4.69, 9.17) is 0 Å². The Bertz CT molecular complexity index is 611. The molecule has 0 aliphatic heterocycles. The number of hydrogen-bond acceptors (Lipinski definition) is 5. The number of nitrogens with one attached hydrogen (secondary N) is 1. The summed E-state index contributed by atoms with van der Waals surface area (Å²) < 4.78 is 0. The van der Waals surface area contributed by atoms with E-state index in [-0.39, 0.29) is 11.6 Å². The lowest BCUT2D eigenvalue weighted by Gasteiger charge is -2.18. The summed E-state index contributed by atoms with van der Waals surface area (Å²) in [5, 5.41) is 15.5. The summed E-state index contributed by atoms with van der Waals surface area (Å²) in [6, 6.07) is 1.78. The number of rotatable bonds is 5. The molecule has 0 bridgehead atoms. The highest BCUT2D eigenvalue weighted by atomic mass is 32.1. The highest BCUT2D eigenvalue weighted by Gasteiger charge is 2.19. The molecule has 1 atom stereocenters. The van der Waals surface area contributed by atoms with Crippen LogP contribution in [0.4, 0.5) is 5.69 Å². The van der Waals surface area contributed by atoms with Gasteiger partial charge in [0.15, 0.2) is 0 Å². The first-order valence-corrected chi connectivity index (χ1v) is 7.28. The zero-order valence-corrected chi connectivity index (χ0v) is 12.5. The van der Waals surface area contributed by atoms with Crippen molar-refractivity contribution in [1.82, 2.24) is 9.97 Å². The highest BCUT2D eigenvalue weighted by Crippen LogP contribution is 2.27. The van der Waals surface area contributed by atoms with Gasteiger partial charge in [0.1, 0.15) is 10.6 Å². The van der Waals surface area contributed by atoms with E-state index < -0.39 is 5.97 Å². The topological polar surface area (TPSA) is 75.1 Å². The van der Waals surface area contributed by atoms with E-state index in [9.17, 15) is 9.90 Å². The van der Waals surface area contributed by atoms with E-state index >= 15 is 0 Å². The lowest BCUT2D eigenvalue weighted by Crippen LogP contribution is -2.14. The number of carbonyl (C=O) groups is 1. The van der Waals surface area contributed by atoms with Crippen LogP contribution >= 0.6 is 11.3 Å². The molecule has 0 aliphatic carbocycles. The summed E-state index contributed by atoms with van der Waals surface area (Å²) in [5.41, 5.74) is 2.15. The largest absolute Gasteiger partial charge is 0.478 e. The van der Waals surface area contributed by atoms with Crippen molar-refractivity contribution in [3.05, 3.63) is 39.6 Å². The fraction of sp³-hybridized carbons (Fsp3) is 0.357. The van der Waals surface area contributed by atoms with Gasteiger partial charge >= 0.3 is 5.97 Å². The van der Waals surface area contributed by atoms with Crippen LogP contribution in [0.1, 0.15) is 46.1 Å². The van der Waals surface area contributed by atoms with E-state index in [0.717, 1.165) is 17.1 Å². The number of carboxylic acid groups (broad SMARTS) is 1. The van der Waals surface area contributed by atoms with E-state index in [0.29, 0.717) is 11.4 Å². The summed E-state index contributed by atoms with van der Waals surface area (Å²) in [6.07, 6.45) is 2.58. The van der Waals surface area contributed by atoms with Crippen LogP contribution in [0.3, 0.4) is 0 Å². The van der Waals surface area contributed by atoms with Gasteiger partial charge in [-0.1, -0.05) is 6.92 Å². The fourth-order valence-corrected chi connectivity index (χ4v) is 2.92. The average Bonchev–Trinajstić information content (AvgIpc) is 2.88. The molecule has 0 saturated carbocycles. The van der Waals surface area contributed by atoms with E-state index in [1.54, 1.807) is 30.5 Å². The van der Waals surface area contributed by atoms with Crippen molar-refractivity contribution < 1.29 is 9.90 Å². The summed E-state index contributed by atoms with van der Waals surface area (Å²) in [5.74, 6) is -0.966. The van der Waals surface area contributed by atoms with Crippen LogP contribution < -0.4 is 5.32 Å². The third-order valence-corrected chi connectivity index (χ3v) is 3.92. The Kier molecular flexibility index (Phi) is 4.34. The average molecular weight is 291 g/mol. The molecule has 2 heterocycles. The van der Waals surface area contributed by atoms with Gasteiger partial charge in [-0.15, -0.1) is 11.3 Å². The van der Waals surface area contributed by atoms with Gasteiger partial charge in [-0.3, -0.25) is 4.98 Å². The molecule has 2 aromatic heterocycles. The zero-order valence-electron chi connectivity index (χ0n) is 11.7. The first kappa shape index (κ1) is 14.5. The van der Waals surface area contributed by atoms with Gasteiger partial charge in [0.25, 0.3) is 0 Å². The minimum Gasteiger partial charge on any atom is -0.478 e. The Morgan fingerprint density at radius 1 is 1.50 bits per heavy atom. The van der Waals surface area contributed by atoms with E-state index in [1.807, 2.05) is 19.2 Å². The predicted molar refractivity (Wildman–Crippen MR) is 79.4 cm³/mol. The van der Waals surface area contributed by atoms with E-state index in [2.05, 4.69) is 15.3 Å². The van der Waals surface area contributed by atoms with Crippen LogP contribution in [0.2, 0.25) is 0 Å². The normalized spacial score (nSPS) is 12.2. The Labute approximate surface area is 121 Å². The lowest BCUT2D eigenvalue weighted by molar-refractivity contribution is 0.0696. The van der Waals surface area contributed by atoms with Gasteiger partial charge in [-0.25, -0.2) is 9.78 Å². The summed E-state index contributed by atoms with van der Waals surface area (Å²) in [4.78, 5) is 19.9. The number of aromatic nitrogens is 2. The first-order chi connectivity index (χ1) is 9.52. The third-order valence-electron chi connectivity index (χ3n) is 3.03. The molecule has 1 unspecified atom stereocenters. The number of aryl methyl sites for hydroxylation is 2. The molecule has 0 radical (unpaired) electrons. The van der Waals surface area contributed by atoms with Crippen LogP contribution in [0, 0.1) is 13.8 Å². The van der Waals surface area contributed by atoms with Gasteiger partial charge < -0.3 is 10.4 Å². The van der Waals surface area contributed by atoms with Crippen molar-refractivity contribution in [1.29, 1.82) is 0 Å². The number of nitrogens with zero attached hydrogens (tertiary/aromatic N) is 2. The van der Waals surface area contributed by atoms with Crippen LogP contribution in [0.25, 0.3) is 0 Å². The van der Waals surface area contributed by atoms with Gasteiger partial charge in [0.2, 0.25) is 0 Å². The second-order valence-electron chi connectivity index (χ2n) is 4.55. The SMILES string of the molecule is CCC(Nc1cc(C)nc(C)c1C(=O)O)c1nccs1. The Balaban J connectivity index is 2.39. The molecule has 106 valence electrons. The molecule has 0 fully saturated rings. The quantitative estimate of drug-likeness (QED) is 0.883. The number of thiazole rings is 1. The predicted octanol–water partition coefficient (Wildman–Crippen LogP) is 3.42. The third kappa shape index (κ3) is 2.96. The van der Waals surface area contributed by atoms with Gasteiger partial charge in [0, 0.05) is 17.3 Å². The number of aromatic carboxylic acids is 1. The molecule has 0 spiro atoms. The van der Waals surface area contributed by atoms with Crippen molar-refractivity contribution in [3.63, 3.8) is 0 Å². The second-order valence-corrected chi connectivity index (χ2v) is 5.48. The van der Waals surface area contributed by atoms with Crippen molar-refractivity contribution in [2.45, 2.75) is 33.2 Å². The molecule has 2 N–H and O–H groups in total. The minimum atomic E-state index is -0.966. The fourth-order valence-electron chi connectivity index (χ4n) is 2.15. The molecule has 5 nitrogen and oxygen atoms in total. The lowest BCUT2D eigenvalue weighted by atomic mass is 10.1. The molecule has 0 aromatic carbocycles. The Morgan fingerprint density at radius 3 is 2.80 bits per heavy atom. The van der Waals surface area contributed by atoms with Gasteiger partial charge in [-0.2, -0.15) is 0 Å². The van der Waals surface area contributed by atoms with Crippen molar-refractivity contribution in [3.8, 4) is 0 Å². The zero-order chi connectivity index (χ0) is 14.7. The van der Waals surface area contributed by atoms with Crippen LogP contribution in [0.5, 0.6) is 0 Å². The van der Waals surface area contributed by atoms with Crippen molar-refractivity contribution in [2.24, 2.45) is 0 Å². The van der Waals surface area contributed by atoms with Crippen LogP contribution in [-0.4, -0.2) is 21.0 Å². The molecule has 20 heavy (non-hydrogen) atoms. The second kappa shape index (κ2) is 6.00. The maximum Gasteiger partial charge on any atom is 0.339 e. The monoisotopic (exact) mass is 291 g/mol. The molecule has 0 amide bonds. The molecule has 2 rings (SSSR count). The number of hydrogen-bond donors (Lipinski definition) is 2. The molecule has 2 aromatic rings. The molecule has 0 saturated heterocycles.